The van der Waals surface area contributed by atoms with Crippen molar-refractivity contribution in [2.75, 3.05) is 6.61 Å². The number of benzene rings is 2. The van der Waals surface area contributed by atoms with Crippen LogP contribution in [0.1, 0.15) is 58.1 Å². The maximum absolute atomic E-state index is 14.2. The zero-order chi connectivity index (χ0) is 22.9. The summed E-state index contributed by atoms with van der Waals surface area (Å²) in [4.78, 5) is 8.99. The van der Waals surface area contributed by atoms with Gasteiger partial charge in [-0.05, 0) is 68.5 Å². The molecular formula is C26H30F2N2O2. The number of unbranched alkanes of at least 4 members (excludes halogenated alkanes) is 3. The van der Waals surface area contributed by atoms with Crippen LogP contribution >= 0.6 is 0 Å². The Morgan fingerprint density at radius 2 is 1.91 bits per heavy atom. The lowest BCUT2D eigenvalue weighted by atomic mass is 10.0. The molecule has 4 nitrogen and oxygen atoms in total. The molecule has 0 amide bonds. The molecule has 0 aliphatic carbocycles. The van der Waals surface area contributed by atoms with Crippen LogP contribution < -0.4 is 0 Å². The number of halogens is 2. The summed E-state index contributed by atoms with van der Waals surface area (Å²) in [5, 5.41) is 9.31. The highest BCUT2D eigenvalue weighted by molar-refractivity contribution is 5.82. The molecule has 1 atom stereocenters. The quantitative estimate of drug-likeness (QED) is 0.324. The van der Waals surface area contributed by atoms with Crippen molar-refractivity contribution < 1.29 is 18.6 Å². The van der Waals surface area contributed by atoms with E-state index in [-0.39, 0.29) is 11.7 Å². The molecule has 170 valence electrons. The molecule has 0 aliphatic heterocycles. The van der Waals surface area contributed by atoms with Gasteiger partial charge in [0.15, 0.2) is 11.6 Å². The van der Waals surface area contributed by atoms with Crippen molar-refractivity contribution in [3.8, 4) is 16.9 Å². The summed E-state index contributed by atoms with van der Waals surface area (Å²) in [5.41, 5.74) is 2.54. The Morgan fingerprint density at radius 3 is 2.72 bits per heavy atom. The Bertz CT molecular complexity index is 1070. The van der Waals surface area contributed by atoms with E-state index in [0.29, 0.717) is 16.6 Å². The average Bonchev–Trinajstić information content (AvgIpc) is 2.80. The predicted octanol–water partition coefficient (Wildman–Crippen LogP) is 7.06. The van der Waals surface area contributed by atoms with Gasteiger partial charge in [-0.25, -0.2) is 9.37 Å². The van der Waals surface area contributed by atoms with Crippen LogP contribution in [0.25, 0.3) is 28.2 Å². The number of allylic oxidation sites excluding steroid dienone is 1. The van der Waals surface area contributed by atoms with Gasteiger partial charge in [-0.1, -0.05) is 31.9 Å². The van der Waals surface area contributed by atoms with Crippen molar-refractivity contribution in [3.05, 3.63) is 59.9 Å². The Labute approximate surface area is 188 Å². The third-order valence-corrected chi connectivity index (χ3v) is 5.35. The highest BCUT2D eigenvalue weighted by Crippen LogP contribution is 2.30. The lowest BCUT2D eigenvalue weighted by Gasteiger charge is -2.11. The van der Waals surface area contributed by atoms with Gasteiger partial charge in [-0.2, -0.15) is 4.39 Å². The maximum Gasteiger partial charge on any atom is 0.200 e. The van der Waals surface area contributed by atoms with Crippen LogP contribution in [0.2, 0.25) is 0 Å². The normalized spacial score (nSPS) is 12.6. The first kappa shape index (κ1) is 23.8. The Morgan fingerprint density at radius 1 is 1.06 bits per heavy atom. The highest BCUT2D eigenvalue weighted by Gasteiger charge is 2.14. The smallest absolute Gasteiger partial charge is 0.200 e. The van der Waals surface area contributed by atoms with Gasteiger partial charge in [0, 0.05) is 12.2 Å². The van der Waals surface area contributed by atoms with E-state index in [2.05, 4.69) is 29.9 Å². The summed E-state index contributed by atoms with van der Waals surface area (Å²) >= 11 is 0. The van der Waals surface area contributed by atoms with Gasteiger partial charge in [0.25, 0.3) is 0 Å². The van der Waals surface area contributed by atoms with Gasteiger partial charge < -0.3 is 9.84 Å². The molecule has 0 aliphatic rings. The van der Waals surface area contributed by atoms with E-state index in [1.807, 2.05) is 6.08 Å². The molecule has 0 saturated carbocycles. The summed E-state index contributed by atoms with van der Waals surface area (Å²) < 4.78 is 33.7. The summed E-state index contributed by atoms with van der Waals surface area (Å²) in [6, 6.07) is 7.54. The van der Waals surface area contributed by atoms with Crippen molar-refractivity contribution >= 4 is 17.1 Å². The number of rotatable bonds is 11. The molecule has 0 radical (unpaired) electrons. The minimum absolute atomic E-state index is 0.0662. The van der Waals surface area contributed by atoms with Crippen LogP contribution in [0.5, 0.6) is 5.75 Å². The molecule has 1 unspecified atom stereocenters. The number of fused-ring (bicyclic) bond motifs is 1. The second kappa shape index (κ2) is 11.7. The van der Waals surface area contributed by atoms with Gasteiger partial charge in [-0.15, -0.1) is 0 Å². The number of aromatic hydroxyl groups is 1. The van der Waals surface area contributed by atoms with E-state index in [9.17, 15) is 13.9 Å². The lowest BCUT2D eigenvalue weighted by Crippen LogP contribution is -2.08. The SMILES string of the molecule is CCCCCOC(C)CCCC=Cc1cnc2cc(-c3ccc(O)c(F)c3F)ccc2n1. The van der Waals surface area contributed by atoms with Crippen molar-refractivity contribution in [2.24, 2.45) is 0 Å². The monoisotopic (exact) mass is 440 g/mol. The second-order valence-corrected chi connectivity index (χ2v) is 7.98. The van der Waals surface area contributed by atoms with Gasteiger partial charge in [0.1, 0.15) is 0 Å². The van der Waals surface area contributed by atoms with E-state index in [4.69, 9.17) is 4.74 Å². The van der Waals surface area contributed by atoms with E-state index in [0.717, 1.165) is 44.1 Å². The van der Waals surface area contributed by atoms with Crippen molar-refractivity contribution in [1.82, 2.24) is 9.97 Å². The van der Waals surface area contributed by atoms with Crippen molar-refractivity contribution in [2.45, 2.75) is 58.5 Å². The first-order valence-electron chi connectivity index (χ1n) is 11.2. The standard InChI is InChI=1S/C26H30F2N2O2/c1-3-4-8-15-32-18(2)9-6-5-7-10-20-17-29-23-16-19(11-13-22(23)30-20)21-12-14-24(31)26(28)25(21)27/h7,10-14,16-18,31H,3-6,8-9,15H2,1-2H3. The molecule has 1 N–H and O–H groups in total. The van der Waals surface area contributed by atoms with E-state index in [1.54, 1.807) is 24.4 Å². The van der Waals surface area contributed by atoms with E-state index in [1.165, 1.54) is 18.9 Å². The number of aromatic nitrogens is 2. The summed E-state index contributed by atoms with van der Waals surface area (Å²) in [6.07, 6.45) is 12.5. The number of nitrogens with zero attached hydrogens (tertiary/aromatic N) is 2. The zero-order valence-electron chi connectivity index (χ0n) is 18.7. The minimum Gasteiger partial charge on any atom is -0.505 e. The molecule has 0 bridgehead atoms. The first-order chi connectivity index (χ1) is 15.5. The summed E-state index contributed by atoms with van der Waals surface area (Å²) in [5.74, 6) is -3.05. The van der Waals surface area contributed by atoms with Crippen molar-refractivity contribution in [1.29, 1.82) is 0 Å². The largest absolute Gasteiger partial charge is 0.505 e. The minimum atomic E-state index is -1.26. The number of hydrogen-bond acceptors (Lipinski definition) is 4. The molecule has 0 spiro atoms. The second-order valence-electron chi connectivity index (χ2n) is 7.98. The molecular weight excluding hydrogens is 410 g/mol. The molecule has 0 fully saturated rings. The third kappa shape index (κ3) is 6.33. The van der Waals surface area contributed by atoms with Gasteiger partial charge in [0.05, 0.1) is 29.0 Å². The summed E-state index contributed by atoms with van der Waals surface area (Å²) in [7, 11) is 0. The number of phenols is 1. The fourth-order valence-corrected chi connectivity index (χ4v) is 3.48. The molecule has 1 heterocycles. The summed E-state index contributed by atoms with van der Waals surface area (Å²) in [6.45, 7) is 5.15. The Hall–Kier alpha value is -2.86. The molecule has 2 aromatic carbocycles. The molecule has 3 aromatic rings. The van der Waals surface area contributed by atoms with Gasteiger partial charge >= 0.3 is 0 Å². The van der Waals surface area contributed by atoms with E-state index >= 15 is 0 Å². The van der Waals surface area contributed by atoms with Crippen molar-refractivity contribution in [3.63, 3.8) is 0 Å². The molecule has 32 heavy (non-hydrogen) atoms. The fraction of sp³-hybridized carbons (Fsp3) is 0.385. The van der Waals surface area contributed by atoms with Gasteiger partial charge in [-0.3, -0.25) is 4.98 Å². The van der Waals surface area contributed by atoms with Crippen LogP contribution in [0.15, 0.2) is 42.6 Å². The third-order valence-electron chi connectivity index (χ3n) is 5.35. The highest BCUT2D eigenvalue weighted by atomic mass is 19.2. The number of ether oxygens (including phenoxy) is 1. The Balaban J connectivity index is 1.57. The van der Waals surface area contributed by atoms with Crippen LogP contribution in [0, 0.1) is 11.6 Å². The predicted molar refractivity (Wildman–Crippen MR) is 124 cm³/mol. The van der Waals surface area contributed by atoms with Crippen LogP contribution in [0.4, 0.5) is 8.78 Å². The number of phenolic OH excluding ortho intramolecular Hbond substituents is 1. The first-order valence-corrected chi connectivity index (χ1v) is 11.2. The van der Waals surface area contributed by atoms with Crippen LogP contribution in [0.3, 0.4) is 0 Å². The zero-order valence-corrected chi connectivity index (χ0v) is 18.7. The fourth-order valence-electron chi connectivity index (χ4n) is 3.48. The van der Waals surface area contributed by atoms with Crippen LogP contribution in [-0.4, -0.2) is 27.8 Å². The maximum atomic E-state index is 14.2. The average molecular weight is 441 g/mol. The lowest BCUT2D eigenvalue weighted by molar-refractivity contribution is 0.0566. The topological polar surface area (TPSA) is 55.2 Å². The number of hydrogen-bond donors (Lipinski definition) is 1. The Kier molecular flexibility index (Phi) is 8.68. The molecule has 0 saturated heterocycles. The van der Waals surface area contributed by atoms with E-state index < -0.39 is 17.4 Å². The van der Waals surface area contributed by atoms with Gasteiger partial charge in [0.2, 0.25) is 5.82 Å². The van der Waals surface area contributed by atoms with Crippen LogP contribution in [-0.2, 0) is 4.74 Å². The molecule has 1 aromatic heterocycles. The molecule has 6 heteroatoms. The molecule has 3 rings (SSSR count).